The fraction of sp³-hybridized carbons (Fsp3) is 0.706. The van der Waals surface area contributed by atoms with Gasteiger partial charge in [-0.1, -0.05) is 120 Å². The number of nitrogens with two attached hydrogens (primary N) is 3. The summed E-state index contributed by atoms with van der Waals surface area (Å²) in [7, 11) is 0. The van der Waals surface area contributed by atoms with Gasteiger partial charge in [-0.15, -0.1) is 0 Å². The van der Waals surface area contributed by atoms with Crippen LogP contribution in [-0.2, 0) is 73.5 Å². The number of unbranched alkanes of at least 4 members (excludes halogenated alkanes) is 1. The van der Waals surface area contributed by atoms with Crippen molar-refractivity contribution in [3.05, 3.63) is 35.9 Å². The lowest BCUT2D eigenvalue weighted by atomic mass is 9.96. The maximum absolute atomic E-state index is 14.3. The number of aliphatic hydroxyl groups excluding tert-OH is 1. The first-order valence-electron chi connectivity index (χ1n) is 34.7. The molecule has 1 saturated heterocycles. The highest BCUT2D eigenvalue weighted by molar-refractivity contribution is 5.99. The Hall–Kier alpha value is -8.32. The Morgan fingerprint density at radius 1 is 0.535 bits per heavy atom. The number of primary amides is 1. The smallest absolute Gasteiger partial charge is 0.303 e. The van der Waals surface area contributed by atoms with Gasteiger partial charge in [0.2, 0.25) is 76.8 Å². The number of carboxylic acid groups (broad SMARTS) is 1. The van der Waals surface area contributed by atoms with E-state index in [0.717, 1.165) is 5.56 Å². The molecule has 1 aromatic rings. The standard InChI is InChI=1S/C68H115N15O16/c1-14-41(12)56(82-65(96)52-24-20-28-83(52)68(99)50(32-39(8)9)79-59(90)44(70)33-43-21-16-15-17-22-43)67(98)81-55(40(10)11)66(97)73-42(13)58(89)76-46(23-18-19-27-69)61(92)77-48(30-37(4)5)63(94)78-49(31-38(6)7)64(95)80-51(35-84)60(91)72-34-53(85)74-47(29-36(2)3)62(93)75-45(57(71)88)25-26-54(86)87/h15-17,21-22,36-42,44-52,55-56,84H,14,18-20,23-35,69-70H2,1-13H3,(H2,71,88)(H,72,91)(H,73,97)(H,74,85)(H,75,93)(H,76,89)(H,77,92)(H,78,94)(H,79,90)(H,80,95)(H,81,98)(H,82,96)(H,86,87)/t41-,42-,44-,45-,46-,47-,48-,49-,50-,51-,52-,55-,56-/m0/s1. The second-order valence-electron chi connectivity index (χ2n) is 27.8. The van der Waals surface area contributed by atoms with Crippen LogP contribution in [0.25, 0.3) is 0 Å². The number of carbonyl (C=O) groups excluding carboxylic acids is 13. The molecular formula is C68H115N15O16. The average Bonchev–Trinajstić information content (AvgIpc) is 1.80. The van der Waals surface area contributed by atoms with Crippen LogP contribution in [0.3, 0.4) is 0 Å². The molecule has 31 heteroatoms. The van der Waals surface area contributed by atoms with Crippen molar-refractivity contribution in [2.75, 3.05) is 26.2 Å². The van der Waals surface area contributed by atoms with E-state index < -0.39 is 187 Å². The van der Waals surface area contributed by atoms with Crippen LogP contribution in [0, 0.1) is 35.5 Å². The number of likely N-dealkylation sites (tertiary alicyclic amines) is 1. The molecule has 1 aliphatic heterocycles. The van der Waals surface area contributed by atoms with Gasteiger partial charge in [0.1, 0.15) is 66.5 Å². The van der Waals surface area contributed by atoms with E-state index in [2.05, 4.69) is 58.5 Å². The third-order valence-corrected chi connectivity index (χ3v) is 16.8. The van der Waals surface area contributed by atoms with E-state index in [4.69, 9.17) is 22.3 Å². The Kier molecular flexibility index (Phi) is 38.5. The normalized spacial score (nSPS) is 16.6. The molecule has 0 radical (unpaired) electrons. The minimum Gasteiger partial charge on any atom is -0.481 e. The zero-order chi connectivity index (χ0) is 75.0. The number of amides is 13. The van der Waals surface area contributed by atoms with Gasteiger partial charge in [-0.05, 0) is 125 Å². The van der Waals surface area contributed by atoms with Crippen molar-refractivity contribution in [2.45, 2.75) is 246 Å². The second-order valence-corrected chi connectivity index (χ2v) is 27.8. The van der Waals surface area contributed by atoms with Crippen LogP contribution in [0.1, 0.15) is 173 Å². The first-order valence-corrected chi connectivity index (χ1v) is 34.7. The van der Waals surface area contributed by atoms with Crippen LogP contribution in [0.15, 0.2) is 30.3 Å². The molecule has 0 spiro atoms. The van der Waals surface area contributed by atoms with Gasteiger partial charge in [0.25, 0.3) is 0 Å². The number of aliphatic hydroxyl groups is 1. The van der Waals surface area contributed by atoms with Gasteiger partial charge in [-0.25, -0.2) is 0 Å². The second kappa shape index (κ2) is 43.9. The Morgan fingerprint density at radius 2 is 1.02 bits per heavy atom. The molecule has 0 aliphatic carbocycles. The number of carboxylic acids is 1. The van der Waals surface area contributed by atoms with E-state index in [1.54, 1.807) is 62.3 Å². The summed E-state index contributed by atoms with van der Waals surface area (Å²) in [5.41, 5.74) is 18.3. The van der Waals surface area contributed by atoms with E-state index >= 15 is 0 Å². The molecule has 0 unspecified atom stereocenters. The lowest BCUT2D eigenvalue weighted by Gasteiger charge is -2.32. The first-order chi connectivity index (χ1) is 46.4. The molecule has 558 valence electrons. The van der Waals surface area contributed by atoms with Crippen molar-refractivity contribution < 1.29 is 77.3 Å². The molecule has 0 saturated carbocycles. The number of aliphatic carboxylic acids is 1. The number of carbonyl (C=O) groups is 14. The quantitative estimate of drug-likeness (QED) is 0.0344. The fourth-order valence-electron chi connectivity index (χ4n) is 11.1. The highest BCUT2D eigenvalue weighted by Crippen LogP contribution is 2.23. The highest BCUT2D eigenvalue weighted by Gasteiger charge is 2.42. The summed E-state index contributed by atoms with van der Waals surface area (Å²) < 4.78 is 0. The predicted molar refractivity (Wildman–Crippen MR) is 369 cm³/mol. The summed E-state index contributed by atoms with van der Waals surface area (Å²) in [5.74, 6) is -13.0. The third kappa shape index (κ3) is 31.2. The Balaban J connectivity index is 2.25. The van der Waals surface area contributed by atoms with Crippen molar-refractivity contribution in [1.82, 2.24) is 63.4 Å². The topological polar surface area (TPSA) is 493 Å². The maximum atomic E-state index is 14.3. The number of rotatable bonds is 45. The zero-order valence-corrected chi connectivity index (χ0v) is 60.1. The molecule has 1 fully saturated rings. The first kappa shape index (κ1) is 86.8. The van der Waals surface area contributed by atoms with Crippen LogP contribution in [0.5, 0.6) is 0 Å². The van der Waals surface area contributed by atoms with Crippen LogP contribution < -0.4 is 75.7 Å². The lowest BCUT2D eigenvalue weighted by Crippen LogP contribution is -2.61. The number of nitrogens with zero attached hydrogens (tertiary/aromatic N) is 1. The van der Waals surface area contributed by atoms with Crippen molar-refractivity contribution in [3.8, 4) is 0 Å². The number of nitrogens with one attached hydrogen (secondary N) is 11. The molecule has 13 amide bonds. The van der Waals surface area contributed by atoms with E-state index in [1.165, 1.54) is 11.8 Å². The summed E-state index contributed by atoms with van der Waals surface area (Å²) in [6.07, 6.45) is 1.86. The van der Waals surface area contributed by atoms with E-state index in [1.807, 2.05) is 51.1 Å². The maximum Gasteiger partial charge on any atom is 0.303 e. The van der Waals surface area contributed by atoms with Crippen LogP contribution in [-0.4, -0.2) is 197 Å². The third-order valence-electron chi connectivity index (χ3n) is 16.8. The molecule has 0 bridgehead atoms. The molecule has 99 heavy (non-hydrogen) atoms. The molecule has 13 atom stereocenters. The molecule has 2 rings (SSSR count). The summed E-state index contributed by atoms with van der Waals surface area (Å²) in [5, 5.41) is 47.9. The minimum atomic E-state index is -1.66. The summed E-state index contributed by atoms with van der Waals surface area (Å²) >= 11 is 0. The number of hydrogen-bond acceptors (Lipinski definition) is 17. The fourth-order valence-corrected chi connectivity index (χ4v) is 11.1. The van der Waals surface area contributed by atoms with Gasteiger partial charge in [0, 0.05) is 13.0 Å². The van der Waals surface area contributed by atoms with Gasteiger partial charge in [-0.3, -0.25) is 67.1 Å². The van der Waals surface area contributed by atoms with Gasteiger partial charge in [-0.2, -0.15) is 0 Å². The molecule has 1 aliphatic rings. The minimum absolute atomic E-state index is 0.00507. The van der Waals surface area contributed by atoms with Crippen molar-refractivity contribution >= 4 is 82.8 Å². The molecule has 31 nitrogen and oxygen atoms in total. The molecule has 0 aromatic heterocycles. The van der Waals surface area contributed by atoms with Gasteiger partial charge < -0.3 is 90.8 Å². The summed E-state index contributed by atoms with van der Waals surface area (Å²) in [4.78, 5) is 191. The number of benzene rings is 1. The van der Waals surface area contributed by atoms with E-state index in [9.17, 15) is 72.2 Å². The zero-order valence-electron chi connectivity index (χ0n) is 60.1. The summed E-state index contributed by atoms with van der Waals surface area (Å²) in [6, 6.07) is -5.60. The van der Waals surface area contributed by atoms with Gasteiger partial charge >= 0.3 is 5.97 Å². The van der Waals surface area contributed by atoms with Crippen LogP contribution >= 0.6 is 0 Å². The molecule has 1 heterocycles. The summed E-state index contributed by atoms with van der Waals surface area (Å²) in [6.45, 7) is 21.4. The number of hydrogen-bond donors (Lipinski definition) is 16. The van der Waals surface area contributed by atoms with Crippen molar-refractivity contribution in [2.24, 2.45) is 52.7 Å². The van der Waals surface area contributed by atoms with E-state index in [0.29, 0.717) is 25.7 Å². The van der Waals surface area contributed by atoms with Gasteiger partial charge in [0.05, 0.1) is 19.2 Å². The van der Waals surface area contributed by atoms with Crippen molar-refractivity contribution in [3.63, 3.8) is 0 Å². The largest absolute Gasteiger partial charge is 0.481 e. The predicted octanol–water partition coefficient (Wildman–Crippen LogP) is -1.11. The Labute approximate surface area is 582 Å². The SMILES string of the molecule is CC[C@H](C)[C@H](NC(=O)[C@@H]1CCCN1C(=O)[C@H](CC(C)C)NC(=O)[C@@H](N)Cc1ccccc1)C(=O)N[C@H](C(=O)N[C@@H](C)C(=O)N[C@@H](CCCCN)C(=O)N[C@@H](CC(C)C)C(=O)N[C@@H](CC(C)C)C(=O)N[C@@H](CO)C(=O)NCC(=O)N[C@@H](CC(C)C)C(=O)N[C@@H](CCC(=O)O)C(N)=O)C(C)C. The Bertz CT molecular complexity index is 2860. The highest BCUT2D eigenvalue weighted by atomic mass is 16.4. The molecule has 19 N–H and O–H groups in total. The molecule has 1 aromatic carbocycles. The monoisotopic (exact) mass is 1400 g/mol. The van der Waals surface area contributed by atoms with E-state index in [-0.39, 0.29) is 88.1 Å². The van der Waals surface area contributed by atoms with Crippen molar-refractivity contribution in [1.29, 1.82) is 0 Å². The Morgan fingerprint density at radius 3 is 1.52 bits per heavy atom. The lowest BCUT2D eigenvalue weighted by molar-refractivity contribution is -0.143. The van der Waals surface area contributed by atoms with Gasteiger partial charge in [0.15, 0.2) is 0 Å². The average molecular weight is 1400 g/mol. The van der Waals surface area contributed by atoms with Crippen LogP contribution in [0.4, 0.5) is 0 Å². The molecular weight excluding hydrogens is 1280 g/mol. The van der Waals surface area contributed by atoms with Crippen LogP contribution in [0.2, 0.25) is 0 Å².